The lowest BCUT2D eigenvalue weighted by atomic mass is 9.58. The SMILES string of the molecule is N#Cc1c(-c2ccc(-c3nc(-c4ccccc4)nc(-c4ccccc4)n3)cc2)ccc2c1C1c3ccccc3C2c2c1ccc(-c1ccc(-c3nc(-c4ccccc4)nc(-c4ccccc4)n3)cc1)c2C#N. The van der Waals surface area contributed by atoms with Crippen molar-refractivity contribution >= 4 is 0 Å². The van der Waals surface area contributed by atoms with Gasteiger partial charge in [0.15, 0.2) is 34.9 Å². The van der Waals surface area contributed by atoms with Crippen LogP contribution >= 0.6 is 0 Å². The minimum atomic E-state index is -0.243. The maximum atomic E-state index is 11.2. The molecule has 72 heavy (non-hydrogen) atoms. The number of hydrogen-bond acceptors (Lipinski definition) is 8. The first kappa shape index (κ1) is 42.1. The number of hydrogen-bond donors (Lipinski definition) is 0. The van der Waals surface area contributed by atoms with Gasteiger partial charge in [0.05, 0.1) is 11.1 Å². The van der Waals surface area contributed by atoms with Gasteiger partial charge in [0.2, 0.25) is 0 Å². The van der Waals surface area contributed by atoms with Crippen molar-refractivity contribution in [2.45, 2.75) is 11.8 Å². The van der Waals surface area contributed by atoms with Crippen molar-refractivity contribution in [1.29, 1.82) is 10.5 Å². The van der Waals surface area contributed by atoms with E-state index in [2.05, 4.69) is 60.7 Å². The number of nitrogens with zero attached hydrogens (tertiary/aromatic N) is 8. The maximum absolute atomic E-state index is 11.2. The van der Waals surface area contributed by atoms with Crippen molar-refractivity contribution in [2.24, 2.45) is 0 Å². The highest BCUT2D eigenvalue weighted by atomic mass is 15.0. The van der Waals surface area contributed by atoms with E-state index in [9.17, 15) is 10.5 Å². The zero-order chi connectivity index (χ0) is 48.1. The summed E-state index contributed by atoms with van der Waals surface area (Å²) in [5, 5.41) is 22.3. The third kappa shape index (κ3) is 7.14. The molecular weight excluding hydrogens is 881 g/mol. The molecule has 8 heteroatoms. The van der Waals surface area contributed by atoms with Gasteiger partial charge in [-0.3, -0.25) is 0 Å². The van der Waals surface area contributed by atoms with E-state index in [1.165, 1.54) is 0 Å². The lowest BCUT2D eigenvalue weighted by Crippen LogP contribution is -2.29. The molecule has 3 aliphatic carbocycles. The first-order valence-electron chi connectivity index (χ1n) is 23.8. The third-order valence-corrected chi connectivity index (χ3v) is 13.9. The van der Waals surface area contributed by atoms with Crippen molar-refractivity contribution in [3.8, 4) is 103 Å². The molecule has 0 saturated heterocycles. The Morgan fingerprint density at radius 2 is 0.500 bits per heavy atom. The number of benzene rings is 9. The third-order valence-electron chi connectivity index (χ3n) is 13.9. The van der Waals surface area contributed by atoms with Gasteiger partial charge < -0.3 is 0 Å². The monoisotopic (exact) mass is 918 g/mol. The summed E-state index contributed by atoms with van der Waals surface area (Å²) in [7, 11) is 0. The molecule has 3 aliphatic rings. The Morgan fingerprint density at radius 3 is 0.778 bits per heavy atom. The van der Waals surface area contributed by atoms with E-state index in [0.29, 0.717) is 46.1 Å². The summed E-state index contributed by atoms with van der Waals surface area (Å²) < 4.78 is 0. The molecule has 9 aromatic carbocycles. The first-order valence-corrected chi connectivity index (χ1v) is 23.8. The fourth-order valence-electron chi connectivity index (χ4n) is 10.6. The van der Waals surface area contributed by atoms with E-state index in [0.717, 1.165) is 89.0 Å². The van der Waals surface area contributed by atoms with Crippen molar-refractivity contribution in [2.75, 3.05) is 0 Å². The topological polar surface area (TPSA) is 125 Å². The lowest BCUT2D eigenvalue weighted by Gasteiger charge is -2.43. The summed E-state index contributed by atoms with van der Waals surface area (Å²) in [5.41, 5.74) is 16.5. The van der Waals surface area contributed by atoms with Crippen LogP contribution < -0.4 is 0 Å². The van der Waals surface area contributed by atoms with Crippen LogP contribution in [-0.4, -0.2) is 29.9 Å². The molecular formula is C64H38N8. The Bertz CT molecular complexity index is 3600. The van der Waals surface area contributed by atoms with E-state index >= 15 is 0 Å². The fourth-order valence-corrected chi connectivity index (χ4v) is 10.6. The van der Waals surface area contributed by atoms with Gasteiger partial charge in [0.1, 0.15) is 12.1 Å². The van der Waals surface area contributed by atoms with Gasteiger partial charge in [0.25, 0.3) is 0 Å². The first-order chi connectivity index (χ1) is 35.6. The molecule has 0 fully saturated rings. The van der Waals surface area contributed by atoms with Crippen molar-refractivity contribution in [3.63, 3.8) is 0 Å². The molecule has 0 amide bonds. The summed E-state index contributed by atoms with van der Waals surface area (Å²) in [6, 6.07) is 78.3. The zero-order valence-electron chi connectivity index (χ0n) is 38.5. The Labute approximate surface area is 416 Å². The average molecular weight is 919 g/mol. The highest BCUT2D eigenvalue weighted by molar-refractivity contribution is 5.84. The summed E-state index contributed by atoms with van der Waals surface area (Å²) in [6.07, 6.45) is 0. The highest BCUT2D eigenvalue weighted by Gasteiger charge is 2.45. The van der Waals surface area contributed by atoms with Crippen LogP contribution in [0.5, 0.6) is 0 Å². The van der Waals surface area contributed by atoms with Crippen LogP contribution in [0, 0.1) is 22.7 Å². The predicted octanol–water partition coefficient (Wildman–Crippen LogP) is 14.1. The molecule has 2 unspecified atom stereocenters. The molecule has 0 radical (unpaired) electrons. The Morgan fingerprint density at radius 1 is 0.250 bits per heavy atom. The van der Waals surface area contributed by atoms with Crippen LogP contribution in [0.1, 0.15) is 56.3 Å². The van der Waals surface area contributed by atoms with Crippen molar-refractivity contribution < 1.29 is 0 Å². The van der Waals surface area contributed by atoms with Gasteiger partial charge in [-0.15, -0.1) is 0 Å². The molecule has 0 saturated carbocycles. The summed E-state index contributed by atoms with van der Waals surface area (Å²) in [6.45, 7) is 0. The molecule has 2 bridgehead atoms. The Kier molecular flexibility index (Phi) is 10.2. The van der Waals surface area contributed by atoms with Crippen LogP contribution in [0.4, 0.5) is 0 Å². The van der Waals surface area contributed by atoms with Crippen LogP contribution in [0.3, 0.4) is 0 Å². The number of aromatic nitrogens is 6. The fraction of sp³-hybridized carbons (Fsp3) is 0.0312. The van der Waals surface area contributed by atoms with E-state index in [1.807, 2.05) is 170 Å². The summed E-state index contributed by atoms with van der Waals surface area (Å²) in [4.78, 5) is 29.5. The van der Waals surface area contributed by atoms with E-state index < -0.39 is 0 Å². The molecule has 0 spiro atoms. The molecule has 11 aromatic rings. The molecule has 2 heterocycles. The lowest BCUT2D eigenvalue weighted by molar-refractivity contribution is 0.750. The summed E-state index contributed by atoms with van der Waals surface area (Å²) >= 11 is 0. The van der Waals surface area contributed by atoms with Gasteiger partial charge >= 0.3 is 0 Å². The zero-order valence-corrected chi connectivity index (χ0v) is 38.5. The van der Waals surface area contributed by atoms with Crippen molar-refractivity contribution in [3.05, 3.63) is 263 Å². The van der Waals surface area contributed by atoms with Gasteiger partial charge in [-0.1, -0.05) is 218 Å². The van der Waals surface area contributed by atoms with Crippen molar-refractivity contribution in [1.82, 2.24) is 29.9 Å². The molecule has 0 aliphatic heterocycles. The smallest absolute Gasteiger partial charge is 0.164 e. The number of rotatable bonds is 8. The quantitative estimate of drug-likeness (QED) is 0.148. The van der Waals surface area contributed by atoms with Gasteiger partial charge in [-0.25, -0.2) is 29.9 Å². The van der Waals surface area contributed by atoms with Crippen LogP contribution in [0.2, 0.25) is 0 Å². The second kappa shape index (κ2) is 17.5. The molecule has 14 rings (SSSR count). The minimum absolute atomic E-state index is 0.243. The van der Waals surface area contributed by atoms with Gasteiger partial charge in [-0.2, -0.15) is 10.5 Å². The van der Waals surface area contributed by atoms with Crippen LogP contribution in [0.15, 0.2) is 218 Å². The normalized spacial score (nSPS) is 13.8. The van der Waals surface area contributed by atoms with E-state index in [-0.39, 0.29) is 11.8 Å². The van der Waals surface area contributed by atoms with Gasteiger partial charge in [-0.05, 0) is 55.6 Å². The maximum Gasteiger partial charge on any atom is 0.164 e. The Hall–Kier alpha value is -10.0. The van der Waals surface area contributed by atoms with Gasteiger partial charge in [0, 0.05) is 45.2 Å². The van der Waals surface area contributed by atoms with E-state index in [1.54, 1.807) is 0 Å². The highest BCUT2D eigenvalue weighted by Crippen LogP contribution is 2.59. The average Bonchev–Trinajstić information content (AvgIpc) is 3.47. The molecule has 334 valence electrons. The summed E-state index contributed by atoms with van der Waals surface area (Å²) in [5.74, 6) is 3.02. The van der Waals surface area contributed by atoms with E-state index in [4.69, 9.17) is 29.9 Å². The minimum Gasteiger partial charge on any atom is -0.208 e. The van der Waals surface area contributed by atoms with Crippen LogP contribution in [-0.2, 0) is 0 Å². The molecule has 0 N–H and O–H groups in total. The number of nitriles is 2. The standard InChI is InChI=1S/C64H38N8/c65-37-53-47(39-25-29-45(30-26-39)63-69-59(41-15-5-1-6-16-41)67-60(70-63)42-17-7-2-8-18-42)33-35-51-56-50-24-14-13-23-49(50)55(57(51)53)52-36-34-48(54(38-66)58(52)56)40-27-31-46(32-28-40)64-71-61(43-19-9-3-10-20-43)68-62(72-64)44-21-11-4-12-22-44/h1-36,55-56H. The second-order valence-corrected chi connectivity index (χ2v) is 17.9. The predicted molar refractivity (Wildman–Crippen MR) is 281 cm³/mol. The molecule has 2 aromatic heterocycles. The molecule has 8 nitrogen and oxygen atoms in total. The Balaban J connectivity index is 0.871. The molecule has 2 atom stereocenters. The largest absolute Gasteiger partial charge is 0.208 e. The van der Waals surface area contributed by atoms with Crippen LogP contribution in [0.25, 0.3) is 90.6 Å². The second-order valence-electron chi connectivity index (χ2n) is 17.9.